The molecule has 1 aromatic carbocycles. The summed E-state index contributed by atoms with van der Waals surface area (Å²) in [7, 11) is 0. The maximum atomic E-state index is 13.2. The molecule has 0 unspecified atom stereocenters. The standard InChI is InChI=1S/C19H17FN4O/c1-12-9-14(7-8-21-12)17-10-22-24-13(2)11-23(19(25)18(17)24)16-5-3-15(20)4-6-16/h3-10,13H,11H2,1-2H3/t13-/m0/s1. The third-order valence-corrected chi connectivity index (χ3v) is 4.45. The molecule has 0 fully saturated rings. The van der Waals surface area contributed by atoms with Crippen molar-refractivity contribution in [2.75, 3.05) is 11.4 Å². The molecule has 0 saturated heterocycles. The normalized spacial score (nSPS) is 16.8. The summed E-state index contributed by atoms with van der Waals surface area (Å²) < 4.78 is 15.0. The minimum atomic E-state index is -0.320. The predicted octanol–water partition coefficient (Wildman–Crippen LogP) is 3.61. The van der Waals surface area contributed by atoms with Crippen LogP contribution in [0.4, 0.5) is 10.1 Å². The summed E-state index contributed by atoms with van der Waals surface area (Å²) in [5.41, 5.74) is 3.81. The molecule has 126 valence electrons. The second-order valence-corrected chi connectivity index (χ2v) is 6.28. The van der Waals surface area contributed by atoms with E-state index in [1.165, 1.54) is 12.1 Å². The number of fused-ring (bicyclic) bond motifs is 1. The SMILES string of the molecule is Cc1cc(-c2cnn3c2C(=O)N(c2ccc(F)cc2)C[C@@H]3C)ccn1. The summed E-state index contributed by atoms with van der Waals surface area (Å²) in [6.45, 7) is 4.42. The molecule has 1 atom stereocenters. The summed E-state index contributed by atoms with van der Waals surface area (Å²) in [6, 6.07) is 9.82. The number of halogens is 1. The average Bonchev–Trinajstić information content (AvgIpc) is 3.05. The first-order valence-electron chi connectivity index (χ1n) is 8.12. The van der Waals surface area contributed by atoms with Gasteiger partial charge in [0, 0.05) is 29.7 Å². The van der Waals surface area contributed by atoms with E-state index in [0.29, 0.717) is 17.9 Å². The quantitative estimate of drug-likeness (QED) is 0.718. The van der Waals surface area contributed by atoms with Crippen LogP contribution >= 0.6 is 0 Å². The van der Waals surface area contributed by atoms with Gasteiger partial charge >= 0.3 is 0 Å². The first kappa shape index (κ1) is 15.5. The molecule has 5 nitrogen and oxygen atoms in total. The second kappa shape index (κ2) is 5.81. The van der Waals surface area contributed by atoms with Crippen molar-refractivity contribution in [3.8, 4) is 11.1 Å². The van der Waals surface area contributed by atoms with Gasteiger partial charge in [0.15, 0.2) is 0 Å². The van der Waals surface area contributed by atoms with E-state index in [-0.39, 0.29) is 17.8 Å². The molecule has 0 radical (unpaired) electrons. The van der Waals surface area contributed by atoms with E-state index >= 15 is 0 Å². The van der Waals surface area contributed by atoms with E-state index in [1.807, 2.05) is 26.0 Å². The second-order valence-electron chi connectivity index (χ2n) is 6.28. The number of amides is 1. The van der Waals surface area contributed by atoms with Crippen LogP contribution in [0.5, 0.6) is 0 Å². The number of anilines is 1. The maximum absolute atomic E-state index is 13.2. The lowest BCUT2D eigenvalue weighted by molar-refractivity contribution is 0.0954. The van der Waals surface area contributed by atoms with E-state index < -0.39 is 0 Å². The first-order chi connectivity index (χ1) is 12.0. The van der Waals surface area contributed by atoms with E-state index in [4.69, 9.17) is 0 Å². The molecule has 6 heteroatoms. The van der Waals surface area contributed by atoms with Crippen molar-refractivity contribution in [2.45, 2.75) is 19.9 Å². The number of nitrogens with zero attached hydrogens (tertiary/aromatic N) is 4. The lowest BCUT2D eigenvalue weighted by Gasteiger charge is -2.32. The molecule has 3 aromatic rings. The Morgan fingerprint density at radius 3 is 2.68 bits per heavy atom. The van der Waals surface area contributed by atoms with E-state index in [1.54, 1.807) is 34.1 Å². The van der Waals surface area contributed by atoms with Gasteiger partial charge in [-0.05, 0) is 55.8 Å². The lowest BCUT2D eigenvalue weighted by atomic mass is 10.0. The number of rotatable bonds is 2. The van der Waals surface area contributed by atoms with Crippen LogP contribution in [-0.4, -0.2) is 27.2 Å². The Labute approximate surface area is 144 Å². The minimum absolute atomic E-state index is 0.0226. The van der Waals surface area contributed by atoms with E-state index in [0.717, 1.165) is 16.8 Å². The molecular formula is C19H17FN4O. The van der Waals surface area contributed by atoms with Gasteiger partial charge in [0.05, 0.1) is 12.2 Å². The predicted molar refractivity (Wildman–Crippen MR) is 93.0 cm³/mol. The molecule has 2 aromatic heterocycles. The van der Waals surface area contributed by atoms with Gasteiger partial charge < -0.3 is 4.90 Å². The molecule has 0 bridgehead atoms. The van der Waals surface area contributed by atoms with Crippen molar-refractivity contribution in [1.82, 2.24) is 14.8 Å². The van der Waals surface area contributed by atoms with Crippen LogP contribution in [0.1, 0.15) is 29.1 Å². The molecular weight excluding hydrogens is 319 g/mol. The number of pyridine rings is 1. The van der Waals surface area contributed by atoms with Crippen LogP contribution in [0, 0.1) is 12.7 Å². The fourth-order valence-corrected chi connectivity index (χ4v) is 3.23. The Balaban J connectivity index is 1.81. The third kappa shape index (κ3) is 2.59. The van der Waals surface area contributed by atoms with Crippen LogP contribution < -0.4 is 4.90 Å². The van der Waals surface area contributed by atoms with Gasteiger partial charge in [-0.2, -0.15) is 5.10 Å². The summed E-state index contributed by atoms with van der Waals surface area (Å²) in [6.07, 6.45) is 3.45. The molecule has 0 N–H and O–H groups in total. The summed E-state index contributed by atoms with van der Waals surface area (Å²) >= 11 is 0. The van der Waals surface area contributed by atoms with Crippen molar-refractivity contribution in [2.24, 2.45) is 0 Å². The Morgan fingerprint density at radius 2 is 1.96 bits per heavy atom. The van der Waals surface area contributed by atoms with E-state index in [9.17, 15) is 9.18 Å². The highest BCUT2D eigenvalue weighted by molar-refractivity contribution is 6.09. The number of hydrogen-bond donors (Lipinski definition) is 0. The van der Waals surface area contributed by atoms with Crippen LogP contribution in [0.25, 0.3) is 11.1 Å². The summed E-state index contributed by atoms with van der Waals surface area (Å²) in [4.78, 5) is 19.0. The zero-order valence-corrected chi connectivity index (χ0v) is 14.0. The molecule has 0 saturated carbocycles. The minimum Gasteiger partial charge on any atom is -0.305 e. The smallest absolute Gasteiger partial charge is 0.277 e. The van der Waals surface area contributed by atoms with E-state index in [2.05, 4.69) is 10.1 Å². The highest BCUT2D eigenvalue weighted by Crippen LogP contribution is 2.32. The van der Waals surface area contributed by atoms with Gasteiger partial charge in [0.2, 0.25) is 0 Å². The maximum Gasteiger partial charge on any atom is 0.277 e. The monoisotopic (exact) mass is 336 g/mol. The summed E-state index contributed by atoms with van der Waals surface area (Å²) in [5, 5.41) is 4.43. The number of carbonyl (C=O) groups is 1. The number of hydrogen-bond acceptors (Lipinski definition) is 3. The third-order valence-electron chi connectivity index (χ3n) is 4.45. The Kier molecular flexibility index (Phi) is 3.60. The Bertz CT molecular complexity index is 948. The molecule has 1 amide bonds. The first-order valence-corrected chi connectivity index (χ1v) is 8.12. The van der Waals surface area contributed by atoms with Crippen LogP contribution in [0.3, 0.4) is 0 Å². The molecule has 3 heterocycles. The number of carbonyl (C=O) groups excluding carboxylic acids is 1. The Hall–Kier alpha value is -3.02. The zero-order chi connectivity index (χ0) is 17.6. The fraction of sp³-hybridized carbons (Fsp3) is 0.211. The molecule has 1 aliphatic heterocycles. The van der Waals surface area contributed by atoms with Crippen molar-refractivity contribution in [3.05, 3.63) is 66.0 Å². The highest BCUT2D eigenvalue weighted by atomic mass is 19.1. The lowest BCUT2D eigenvalue weighted by Crippen LogP contribution is -2.42. The van der Waals surface area contributed by atoms with Crippen molar-refractivity contribution < 1.29 is 9.18 Å². The Morgan fingerprint density at radius 1 is 1.20 bits per heavy atom. The molecule has 4 rings (SSSR count). The largest absolute Gasteiger partial charge is 0.305 e. The fourth-order valence-electron chi connectivity index (χ4n) is 3.23. The van der Waals surface area contributed by atoms with Gasteiger partial charge in [0.1, 0.15) is 11.5 Å². The van der Waals surface area contributed by atoms with Crippen molar-refractivity contribution in [1.29, 1.82) is 0 Å². The van der Waals surface area contributed by atoms with Gasteiger partial charge in [-0.3, -0.25) is 14.5 Å². The number of aryl methyl sites for hydroxylation is 1. The van der Waals surface area contributed by atoms with Crippen molar-refractivity contribution >= 4 is 11.6 Å². The van der Waals surface area contributed by atoms with Gasteiger partial charge in [-0.25, -0.2) is 4.39 Å². The van der Waals surface area contributed by atoms with Crippen LogP contribution in [-0.2, 0) is 0 Å². The number of benzene rings is 1. The van der Waals surface area contributed by atoms with Crippen molar-refractivity contribution in [3.63, 3.8) is 0 Å². The summed E-state index contributed by atoms with van der Waals surface area (Å²) in [5.74, 6) is -0.453. The molecule has 0 spiro atoms. The average molecular weight is 336 g/mol. The topological polar surface area (TPSA) is 51.0 Å². The zero-order valence-electron chi connectivity index (χ0n) is 14.0. The van der Waals surface area contributed by atoms with Gasteiger partial charge in [-0.1, -0.05) is 0 Å². The highest BCUT2D eigenvalue weighted by Gasteiger charge is 2.33. The molecule has 25 heavy (non-hydrogen) atoms. The van der Waals surface area contributed by atoms with Crippen LogP contribution in [0.15, 0.2) is 48.8 Å². The molecule has 0 aliphatic carbocycles. The van der Waals surface area contributed by atoms with Gasteiger partial charge in [-0.15, -0.1) is 0 Å². The molecule has 1 aliphatic rings. The van der Waals surface area contributed by atoms with Crippen LogP contribution in [0.2, 0.25) is 0 Å². The number of aromatic nitrogens is 3. The van der Waals surface area contributed by atoms with Gasteiger partial charge in [0.25, 0.3) is 5.91 Å².